The normalized spacial score (nSPS) is 19.0. The third-order valence-corrected chi connectivity index (χ3v) is 4.88. The lowest BCUT2D eigenvalue weighted by atomic mass is 9.78. The second kappa shape index (κ2) is 6.51. The molecule has 7 heteroatoms. The number of methoxy groups -OCH3 is 1. The first-order valence-corrected chi connectivity index (χ1v) is 8.03. The third-order valence-electron chi connectivity index (χ3n) is 4.88. The van der Waals surface area contributed by atoms with E-state index in [-0.39, 0.29) is 17.4 Å². The molecule has 0 atom stereocenters. The Labute approximate surface area is 140 Å². The molecule has 24 heavy (non-hydrogen) atoms. The molecule has 0 bridgehead atoms. The van der Waals surface area contributed by atoms with Gasteiger partial charge in [0.15, 0.2) is 0 Å². The summed E-state index contributed by atoms with van der Waals surface area (Å²) in [6.45, 7) is 1.90. The van der Waals surface area contributed by atoms with Crippen molar-refractivity contribution >= 4 is 23.6 Å². The van der Waals surface area contributed by atoms with Crippen molar-refractivity contribution in [1.82, 2.24) is 10.2 Å². The minimum Gasteiger partial charge on any atom is -0.465 e. The number of likely N-dealkylation sites (tertiary alicyclic amines) is 1. The summed E-state index contributed by atoms with van der Waals surface area (Å²) in [6.07, 6.45) is 2.16. The topological polar surface area (TPSA) is 87.7 Å². The van der Waals surface area contributed by atoms with Gasteiger partial charge in [-0.1, -0.05) is 12.1 Å². The van der Waals surface area contributed by atoms with Gasteiger partial charge in [-0.15, -0.1) is 0 Å². The van der Waals surface area contributed by atoms with Gasteiger partial charge in [-0.25, -0.2) is 9.59 Å². The standard InChI is InChI=1S/C17H21N3O4/c1-24-15(22)12-4-2-3-5-13(12)19-16(23)20-8-6-17(7-9-20)10-14(21)18-11-17/h2-5H,6-11H2,1H3,(H,18,21)(H,19,23). The van der Waals surface area contributed by atoms with Crippen LogP contribution < -0.4 is 10.6 Å². The summed E-state index contributed by atoms with van der Waals surface area (Å²) in [4.78, 5) is 37.4. The van der Waals surface area contributed by atoms with Gasteiger partial charge >= 0.3 is 12.0 Å². The number of carbonyl (C=O) groups is 3. The van der Waals surface area contributed by atoms with E-state index in [1.165, 1.54) is 7.11 Å². The fourth-order valence-corrected chi connectivity index (χ4v) is 3.36. The number of carbonyl (C=O) groups excluding carboxylic acids is 3. The van der Waals surface area contributed by atoms with Gasteiger partial charge in [0.1, 0.15) is 0 Å². The summed E-state index contributed by atoms with van der Waals surface area (Å²) in [5.41, 5.74) is 0.761. The number of rotatable bonds is 2. The van der Waals surface area contributed by atoms with E-state index in [2.05, 4.69) is 10.6 Å². The van der Waals surface area contributed by atoms with Crippen LogP contribution in [0.1, 0.15) is 29.6 Å². The number of anilines is 1. The zero-order valence-corrected chi connectivity index (χ0v) is 13.6. The number of benzene rings is 1. The molecule has 2 aliphatic heterocycles. The van der Waals surface area contributed by atoms with E-state index < -0.39 is 5.97 Å². The van der Waals surface area contributed by atoms with E-state index >= 15 is 0 Å². The average molecular weight is 331 g/mol. The lowest BCUT2D eigenvalue weighted by molar-refractivity contribution is -0.119. The van der Waals surface area contributed by atoms with Crippen LogP contribution >= 0.6 is 0 Å². The van der Waals surface area contributed by atoms with Crippen LogP contribution in [0.2, 0.25) is 0 Å². The van der Waals surface area contributed by atoms with Crippen LogP contribution in [0.25, 0.3) is 0 Å². The summed E-state index contributed by atoms with van der Waals surface area (Å²) in [5.74, 6) is -0.390. The maximum absolute atomic E-state index is 12.5. The maximum atomic E-state index is 12.5. The molecule has 128 valence electrons. The van der Waals surface area contributed by atoms with Crippen LogP contribution in [0, 0.1) is 5.41 Å². The van der Waals surface area contributed by atoms with Gasteiger partial charge in [0, 0.05) is 26.1 Å². The van der Waals surface area contributed by atoms with Crippen molar-refractivity contribution in [3.05, 3.63) is 29.8 Å². The van der Waals surface area contributed by atoms with Crippen molar-refractivity contribution in [2.24, 2.45) is 5.41 Å². The zero-order chi connectivity index (χ0) is 17.2. The Hall–Kier alpha value is -2.57. The highest BCUT2D eigenvalue weighted by molar-refractivity contribution is 6.00. The number of para-hydroxylation sites is 1. The SMILES string of the molecule is COC(=O)c1ccccc1NC(=O)N1CCC2(CC1)CNC(=O)C2. The van der Waals surface area contributed by atoms with Crippen LogP contribution in [0.3, 0.4) is 0 Å². The minimum absolute atomic E-state index is 0.00220. The lowest BCUT2D eigenvalue weighted by Gasteiger charge is -2.38. The molecule has 7 nitrogen and oxygen atoms in total. The predicted molar refractivity (Wildman–Crippen MR) is 87.7 cm³/mol. The summed E-state index contributed by atoms with van der Waals surface area (Å²) in [6, 6.07) is 6.52. The maximum Gasteiger partial charge on any atom is 0.339 e. The smallest absolute Gasteiger partial charge is 0.339 e. The molecule has 2 saturated heterocycles. The fraction of sp³-hybridized carbons (Fsp3) is 0.471. The molecule has 0 aliphatic carbocycles. The van der Waals surface area contributed by atoms with E-state index in [1.54, 1.807) is 29.2 Å². The summed E-state index contributed by atoms with van der Waals surface area (Å²) >= 11 is 0. The summed E-state index contributed by atoms with van der Waals surface area (Å²) in [7, 11) is 1.31. The van der Waals surface area contributed by atoms with Gasteiger partial charge in [0.2, 0.25) is 5.91 Å². The molecule has 3 amide bonds. The van der Waals surface area contributed by atoms with Crippen LogP contribution in [0.15, 0.2) is 24.3 Å². The largest absolute Gasteiger partial charge is 0.465 e. The molecule has 0 saturated carbocycles. The number of hydrogen-bond acceptors (Lipinski definition) is 4. The summed E-state index contributed by atoms with van der Waals surface area (Å²) < 4.78 is 4.73. The van der Waals surface area contributed by atoms with Crippen LogP contribution in [-0.4, -0.2) is 49.6 Å². The number of hydrogen-bond donors (Lipinski definition) is 2. The highest BCUT2D eigenvalue weighted by Gasteiger charge is 2.41. The number of esters is 1. The van der Waals surface area contributed by atoms with Crippen molar-refractivity contribution in [3.63, 3.8) is 0 Å². The molecule has 1 aromatic carbocycles. The van der Waals surface area contributed by atoms with Crippen LogP contribution in [-0.2, 0) is 9.53 Å². The first-order valence-electron chi connectivity index (χ1n) is 8.03. The first-order chi connectivity index (χ1) is 11.5. The molecule has 2 aliphatic rings. The van der Waals surface area contributed by atoms with E-state index in [0.717, 1.165) is 12.8 Å². The Morgan fingerprint density at radius 3 is 2.58 bits per heavy atom. The van der Waals surface area contributed by atoms with E-state index in [0.29, 0.717) is 37.3 Å². The monoisotopic (exact) mass is 331 g/mol. The number of piperidine rings is 1. The molecule has 2 heterocycles. The number of ether oxygens (including phenoxy) is 1. The van der Waals surface area contributed by atoms with Gasteiger partial charge in [-0.3, -0.25) is 4.79 Å². The zero-order valence-electron chi connectivity index (χ0n) is 13.6. The highest BCUT2D eigenvalue weighted by atomic mass is 16.5. The fourth-order valence-electron chi connectivity index (χ4n) is 3.36. The number of nitrogens with one attached hydrogen (secondary N) is 2. The second-order valence-corrected chi connectivity index (χ2v) is 6.41. The third kappa shape index (κ3) is 3.20. The number of urea groups is 1. The first kappa shape index (κ1) is 16.3. The van der Waals surface area contributed by atoms with Crippen molar-refractivity contribution in [2.45, 2.75) is 19.3 Å². The molecule has 1 aromatic rings. The van der Waals surface area contributed by atoms with Crippen molar-refractivity contribution in [2.75, 3.05) is 32.1 Å². The van der Waals surface area contributed by atoms with Gasteiger partial charge < -0.3 is 20.3 Å². The van der Waals surface area contributed by atoms with Crippen molar-refractivity contribution < 1.29 is 19.1 Å². The molecule has 1 spiro atoms. The molecular weight excluding hydrogens is 310 g/mol. The molecule has 2 fully saturated rings. The van der Waals surface area contributed by atoms with E-state index in [4.69, 9.17) is 4.74 Å². The molecule has 0 aromatic heterocycles. The van der Waals surface area contributed by atoms with E-state index in [1.807, 2.05) is 0 Å². The van der Waals surface area contributed by atoms with Gasteiger partial charge in [-0.2, -0.15) is 0 Å². The van der Waals surface area contributed by atoms with E-state index in [9.17, 15) is 14.4 Å². The van der Waals surface area contributed by atoms with Crippen molar-refractivity contribution in [1.29, 1.82) is 0 Å². The molecule has 0 radical (unpaired) electrons. The minimum atomic E-state index is -0.487. The molecule has 2 N–H and O–H groups in total. The van der Waals surface area contributed by atoms with Gasteiger partial charge in [0.05, 0.1) is 18.4 Å². The Kier molecular flexibility index (Phi) is 4.42. The lowest BCUT2D eigenvalue weighted by Crippen LogP contribution is -2.45. The van der Waals surface area contributed by atoms with Gasteiger partial charge in [0.25, 0.3) is 0 Å². The number of amides is 3. The quantitative estimate of drug-likeness (QED) is 0.806. The van der Waals surface area contributed by atoms with Crippen molar-refractivity contribution in [3.8, 4) is 0 Å². The Bertz CT molecular complexity index is 666. The Morgan fingerprint density at radius 2 is 1.96 bits per heavy atom. The van der Waals surface area contributed by atoms with Gasteiger partial charge in [-0.05, 0) is 30.4 Å². The molecular formula is C17H21N3O4. The molecule has 0 unspecified atom stereocenters. The average Bonchev–Trinajstić information content (AvgIpc) is 2.95. The predicted octanol–water partition coefficient (Wildman–Crippen LogP) is 1.61. The highest BCUT2D eigenvalue weighted by Crippen LogP contribution is 2.37. The Morgan fingerprint density at radius 1 is 1.25 bits per heavy atom. The van der Waals surface area contributed by atoms with Crippen LogP contribution in [0.5, 0.6) is 0 Å². The Balaban J connectivity index is 1.63. The number of nitrogens with zero attached hydrogens (tertiary/aromatic N) is 1. The second-order valence-electron chi connectivity index (χ2n) is 6.41. The molecule has 3 rings (SSSR count). The summed E-state index contributed by atoms with van der Waals surface area (Å²) in [5, 5.41) is 5.67. The van der Waals surface area contributed by atoms with Crippen LogP contribution in [0.4, 0.5) is 10.5 Å².